The van der Waals surface area contributed by atoms with Crippen LogP contribution in [-0.2, 0) is 4.79 Å². The molecule has 1 saturated carbocycles. The molecule has 2 saturated heterocycles. The maximum Gasteiger partial charge on any atom is 0.395 e. The zero-order chi connectivity index (χ0) is 28.5. The Morgan fingerprint density at radius 2 is 1.62 bits per heavy atom. The van der Waals surface area contributed by atoms with Gasteiger partial charge in [-0.15, -0.1) is 0 Å². The highest BCUT2D eigenvalue weighted by atomic mass is 19.4. The summed E-state index contributed by atoms with van der Waals surface area (Å²) in [6, 6.07) is 10.9. The number of hydrogen-bond donors (Lipinski definition) is 1. The van der Waals surface area contributed by atoms with Gasteiger partial charge in [0.15, 0.2) is 0 Å². The van der Waals surface area contributed by atoms with E-state index in [0.717, 1.165) is 18.4 Å². The molecule has 216 valence electrons. The maximum absolute atomic E-state index is 14.9. The van der Waals surface area contributed by atoms with Crippen molar-refractivity contribution in [3.63, 3.8) is 0 Å². The number of nitrogens with zero attached hydrogens (tertiary/aromatic N) is 2. The second-order valence-electron chi connectivity index (χ2n) is 11.4. The lowest BCUT2D eigenvalue weighted by Gasteiger charge is -2.47. The summed E-state index contributed by atoms with van der Waals surface area (Å²) in [7, 11) is 0. The van der Waals surface area contributed by atoms with Crippen LogP contribution in [0.4, 0.5) is 17.6 Å². The van der Waals surface area contributed by atoms with Crippen LogP contribution in [0.15, 0.2) is 42.5 Å². The number of carbonyl (C=O) groups is 2. The van der Waals surface area contributed by atoms with Crippen molar-refractivity contribution in [1.29, 1.82) is 0 Å². The number of piperidine rings is 1. The summed E-state index contributed by atoms with van der Waals surface area (Å²) in [4.78, 5) is 27.7. The van der Waals surface area contributed by atoms with Gasteiger partial charge in [-0.2, -0.15) is 13.2 Å². The summed E-state index contributed by atoms with van der Waals surface area (Å²) in [5.74, 6) is -0.845. The zero-order valence-corrected chi connectivity index (χ0v) is 22.4. The second-order valence-corrected chi connectivity index (χ2v) is 11.4. The van der Waals surface area contributed by atoms with Gasteiger partial charge in [-0.05, 0) is 92.9 Å². The molecule has 3 aliphatic rings. The van der Waals surface area contributed by atoms with Crippen LogP contribution >= 0.6 is 0 Å². The third-order valence-electron chi connectivity index (χ3n) is 8.86. The Balaban J connectivity index is 1.12. The van der Waals surface area contributed by atoms with E-state index in [0.29, 0.717) is 56.8 Å². The van der Waals surface area contributed by atoms with Gasteiger partial charge in [-0.1, -0.05) is 24.6 Å². The Labute approximate surface area is 231 Å². The van der Waals surface area contributed by atoms with E-state index >= 15 is 0 Å². The molecular formula is C30H35F4N3O3. The molecule has 0 unspecified atom stereocenters. The summed E-state index contributed by atoms with van der Waals surface area (Å²) in [5.41, 5.74) is 5.14. The molecule has 2 aromatic carbocycles. The van der Waals surface area contributed by atoms with Crippen molar-refractivity contribution in [3.05, 3.63) is 53.8 Å². The Hall–Kier alpha value is -3.14. The molecule has 6 nitrogen and oxygen atoms in total. The molecule has 10 heteroatoms. The van der Waals surface area contributed by atoms with E-state index in [-0.39, 0.29) is 30.9 Å². The van der Waals surface area contributed by atoms with Gasteiger partial charge in [0.2, 0.25) is 5.91 Å². The van der Waals surface area contributed by atoms with E-state index in [1.165, 1.54) is 17.0 Å². The van der Waals surface area contributed by atoms with E-state index in [4.69, 9.17) is 10.5 Å². The van der Waals surface area contributed by atoms with E-state index in [1.807, 2.05) is 17.0 Å². The molecule has 5 rings (SSSR count). The minimum absolute atomic E-state index is 0.0934. The van der Waals surface area contributed by atoms with Gasteiger partial charge in [0.1, 0.15) is 17.6 Å². The zero-order valence-electron chi connectivity index (χ0n) is 22.4. The van der Waals surface area contributed by atoms with Gasteiger partial charge >= 0.3 is 6.18 Å². The maximum atomic E-state index is 14.9. The largest absolute Gasteiger partial charge is 0.493 e. The molecule has 2 N–H and O–H groups in total. The Morgan fingerprint density at radius 1 is 0.950 bits per heavy atom. The van der Waals surface area contributed by atoms with Gasteiger partial charge in [0.25, 0.3) is 5.91 Å². The van der Waals surface area contributed by atoms with Crippen molar-refractivity contribution in [2.24, 2.45) is 17.1 Å². The van der Waals surface area contributed by atoms with E-state index < -0.39 is 35.3 Å². The van der Waals surface area contributed by atoms with Crippen LogP contribution in [0.3, 0.4) is 0 Å². The fraction of sp³-hybridized carbons (Fsp3) is 0.533. The Bertz CT molecular complexity index is 1220. The minimum Gasteiger partial charge on any atom is -0.493 e. The van der Waals surface area contributed by atoms with Gasteiger partial charge < -0.3 is 20.3 Å². The molecule has 0 spiro atoms. The first-order chi connectivity index (χ1) is 19.1. The van der Waals surface area contributed by atoms with E-state index in [9.17, 15) is 27.2 Å². The average molecular weight is 562 g/mol. The van der Waals surface area contributed by atoms with Crippen LogP contribution in [0, 0.1) is 17.2 Å². The molecule has 2 amide bonds. The van der Waals surface area contributed by atoms with Crippen LogP contribution in [0.1, 0.15) is 55.3 Å². The van der Waals surface area contributed by atoms with Crippen LogP contribution in [0.5, 0.6) is 5.75 Å². The van der Waals surface area contributed by atoms with Crippen LogP contribution in [0.2, 0.25) is 0 Å². The summed E-state index contributed by atoms with van der Waals surface area (Å²) in [6.45, 7) is 2.26. The molecule has 2 aliphatic heterocycles. The number of alkyl halides is 3. The number of likely N-dealkylation sites (tertiary alicyclic amines) is 2. The highest BCUT2D eigenvalue weighted by Crippen LogP contribution is 2.53. The van der Waals surface area contributed by atoms with Crippen molar-refractivity contribution in [2.75, 3.05) is 32.8 Å². The molecule has 3 fully saturated rings. The summed E-state index contributed by atoms with van der Waals surface area (Å²) < 4.78 is 61.4. The molecule has 1 atom stereocenters. The first kappa shape index (κ1) is 28.4. The molecule has 40 heavy (non-hydrogen) atoms. The van der Waals surface area contributed by atoms with E-state index in [1.54, 1.807) is 18.2 Å². The minimum atomic E-state index is -4.13. The van der Waals surface area contributed by atoms with Gasteiger partial charge in [0.05, 0.1) is 17.6 Å². The summed E-state index contributed by atoms with van der Waals surface area (Å²) >= 11 is 0. The van der Waals surface area contributed by atoms with Crippen molar-refractivity contribution >= 4 is 11.8 Å². The number of hydrogen-bond acceptors (Lipinski definition) is 4. The van der Waals surface area contributed by atoms with Gasteiger partial charge in [0, 0.05) is 13.1 Å². The third kappa shape index (κ3) is 5.82. The lowest BCUT2D eigenvalue weighted by Crippen LogP contribution is -2.53. The normalized spacial score (nSPS) is 21.7. The monoisotopic (exact) mass is 561 g/mol. The number of carbonyl (C=O) groups excluding carboxylic acids is 2. The number of amides is 2. The van der Waals surface area contributed by atoms with Crippen molar-refractivity contribution < 1.29 is 31.9 Å². The quantitative estimate of drug-likeness (QED) is 0.438. The molecule has 2 heterocycles. The van der Waals surface area contributed by atoms with Crippen LogP contribution in [-0.4, -0.2) is 66.6 Å². The number of benzene rings is 2. The molecule has 0 aromatic heterocycles. The smallest absolute Gasteiger partial charge is 0.395 e. The Kier molecular flexibility index (Phi) is 8.08. The number of nitrogens with two attached hydrogens (primary N) is 1. The SMILES string of the molecule is NC(=O)[C@@H]1CCCN1C(=O)c1ccc(-c2ccc(OCC3CCN(CC4(C(F)(F)F)CCC4)CC3)cc2)cc1F. The van der Waals surface area contributed by atoms with Crippen LogP contribution < -0.4 is 10.5 Å². The molecular weight excluding hydrogens is 526 g/mol. The first-order valence-electron chi connectivity index (χ1n) is 14.0. The highest BCUT2D eigenvalue weighted by Gasteiger charge is 2.58. The van der Waals surface area contributed by atoms with E-state index in [2.05, 4.69) is 0 Å². The fourth-order valence-electron chi connectivity index (χ4n) is 6.16. The topological polar surface area (TPSA) is 75.9 Å². The molecule has 0 bridgehead atoms. The van der Waals surface area contributed by atoms with Crippen LogP contribution in [0.25, 0.3) is 11.1 Å². The van der Waals surface area contributed by atoms with Gasteiger partial charge in [-0.25, -0.2) is 4.39 Å². The molecule has 2 aromatic rings. The Morgan fingerprint density at radius 3 is 2.20 bits per heavy atom. The lowest BCUT2D eigenvalue weighted by atomic mass is 9.67. The first-order valence-corrected chi connectivity index (χ1v) is 14.0. The van der Waals surface area contributed by atoms with Crippen molar-refractivity contribution in [1.82, 2.24) is 9.80 Å². The fourth-order valence-corrected chi connectivity index (χ4v) is 6.16. The molecule has 0 radical (unpaired) electrons. The number of primary amides is 1. The second kappa shape index (κ2) is 11.4. The number of halogens is 4. The third-order valence-corrected chi connectivity index (χ3v) is 8.86. The van der Waals surface area contributed by atoms with Crippen molar-refractivity contribution in [3.8, 4) is 16.9 Å². The summed E-state index contributed by atoms with van der Waals surface area (Å²) in [6.07, 6.45) is -0.277. The number of ether oxygens (including phenoxy) is 1. The predicted octanol–water partition coefficient (Wildman–Crippen LogP) is 5.41. The molecule has 1 aliphatic carbocycles. The predicted molar refractivity (Wildman–Crippen MR) is 142 cm³/mol. The standard InChI is InChI=1S/C30H35F4N3O3/c31-25-17-22(6-9-24(25)28(39)37-14-1-3-26(37)27(35)38)21-4-7-23(8-5-21)40-18-20-10-15-36(16-11-20)19-29(12-2-13-29)30(32,33)34/h4-9,17,20,26H,1-3,10-16,18-19H2,(H2,35,38)/t26-/m0/s1. The van der Waals surface area contributed by atoms with Crippen molar-refractivity contribution in [2.45, 2.75) is 57.2 Å². The lowest BCUT2D eigenvalue weighted by molar-refractivity contribution is -0.256. The average Bonchev–Trinajstić information content (AvgIpc) is 3.40. The highest BCUT2D eigenvalue weighted by molar-refractivity contribution is 5.98. The van der Waals surface area contributed by atoms with Gasteiger partial charge in [-0.3, -0.25) is 9.59 Å². The number of rotatable bonds is 8. The summed E-state index contributed by atoms with van der Waals surface area (Å²) in [5, 5.41) is 0.